The van der Waals surface area contributed by atoms with E-state index in [1.165, 1.54) is 31.2 Å². The average molecular weight is 382 g/mol. The van der Waals surface area contributed by atoms with E-state index in [-0.39, 0.29) is 28.8 Å². The fraction of sp³-hybridized carbons (Fsp3) is 0.529. The molecule has 0 radical (unpaired) electrons. The molecule has 3 N–H and O–H groups in total. The summed E-state index contributed by atoms with van der Waals surface area (Å²) in [5, 5.41) is 5.86. The molecular weight excluding hydrogens is 356 g/mol. The van der Waals surface area contributed by atoms with Crippen LogP contribution in [0.15, 0.2) is 29.2 Å². The monoisotopic (exact) mass is 382 g/mol. The Hall–Kier alpha value is -1.97. The number of carbonyl (C=O) groups is 2. The lowest BCUT2D eigenvalue weighted by Gasteiger charge is -2.39. The molecule has 2 amide bonds. The molecule has 2 rings (SSSR count). The maximum absolute atomic E-state index is 12.7. The van der Waals surface area contributed by atoms with Crippen LogP contribution in [0.1, 0.15) is 27.7 Å². The summed E-state index contributed by atoms with van der Waals surface area (Å²) in [6.07, 6.45) is 0. The van der Waals surface area contributed by atoms with Gasteiger partial charge in [-0.3, -0.25) is 9.59 Å². The Kier molecular flexibility index (Phi) is 6.38. The Bertz CT molecular complexity index is 763. The number of benzene rings is 1. The number of anilines is 1. The first-order chi connectivity index (χ1) is 12.1. The molecule has 26 heavy (non-hydrogen) atoms. The maximum Gasteiger partial charge on any atom is 0.241 e. The summed E-state index contributed by atoms with van der Waals surface area (Å²) < 4.78 is 27.5. The minimum absolute atomic E-state index is 0.0138. The highest BCUT2D eigenvalue weighted by Crippen LogP contribution is 2.16. The Morgan fingerprint density at radius 1 is 1.23 bits per heavy atom. The number of hydrogen-bond donors (Lipinski definition) is 3. The van der Waals surface area contributed by atoms with Gasteiger partial charge in [-0.05, 0) is 45.0 Å². The zero-order valence-electron chi connectivity index (χ0n) is 15.4. The van der Waals surface area contributed by atoms with Crippen LogP contribution in [0, 0.1) is 0 Å². The molecule has 0 bridgehead atoms. The van der Waals surface area contributed by atoms with E-state index in [4.69, 9.17) is 0 Å². The second-order valence-electron chi connectivity index (χ2n) is 6.56. The van der Waals surface area contributed by atoms with Gasteiger partial charge in [-0.1, -0.05) is 0 Å². The second kappa shape index (κ2) is 8.15. The molecule has 144 valence electrons. The van der Waals surface area contributed by atoms with E-state index in [0.717, 1.165) is 0 Å². The van der Waals surface area contributed by atoms with Gasteiger partial charge in [0.05, 0.1) is 10.9 Å². The largest absolute Gasteiger partial charge is 0.336 e. The van der Waals surface area contributed by atoms with E-state index >= 15 is 0 Å². The predicted octanol–water partition coefficient (Wildman–Crippen LogP) is 0.521. The van der Waals surface area contributed by atoms with Crippen LogP contribution in [-0.4, -0.2) is 56.3 Å². The molecule has 0 spiro atoms. The van der Waals surface area contributed by atoms with Crippen molar-refractivity contribution in [2.24, 2.45) is 0 Å². The molecule has 0 aliphatic carbocycles. The van der Waals surface area contributed by atoms with Gasteiger partial charge in [0.2, 0.25) is 21.8 Å². The Morgan fingerprint density at radius 2 is 1.85 bits per heavy atom. The summed E-state index contributed by atoms with van der Waals surface area (Å²) in [4.78, 5) is 25.4. The molecule has 0 aromatic heterocycles. The van der Waals surface area contributed by atoms with Crippen molar-refractivity contribution < 1.29 is 18.0 Å². The zero-order valence-corrected chi connectivity index (χ0v) is 16.3. The molecule has 0 saturated carbocycles. The van der Waals surface area contributed by atoms with E-state index in [2.05, 4.69) is 15.4 Å². The lowest BCUT2D eigenvalue weighted by atomic mass is 10.1. The van der Waals surface area contributed by atoms with Gasteiger partial charge in [0, 0.05) is 37.8 Å². The number of amides is 2. The van der Waals surface area contributed by atoms with Gasteiger partial charge in [0.25, 0.3) is 0 Å². The van der Waals surface area contributed by atoms with Gasteiger partial charge in [0.15, 0.2) is 0 Å². The summed E-state index contributed by atoms with van der Waals surface area (Å²) >= 11 is 0. The highest BCUT2D eigenvalue weighted by molar-refractivity contribution is 7.89. The average Bonchev–Trinajstić information content (AvgIpc) is 2.56. The quantitative estimate of drug-likeness (QED) is 0.688. The molecule has 1 aromatic rings. The third-order valence-corrected chi connectivity index (χ3v) is 6.06. The van der Waals surface area contributed by atoms with Crippen LogP contribution in [0.3, 0.4) is 0 Å². The third-order valence-electron chi connectivity index (χ3n) is 4.50. The Morgan fingerprint density at radius 3 is 2.42 bits per heavy atom. The number of rotatable bonds is 5. The van der Waals surface area contributed by atoms with Gasteiger partial charge < -0.3 is 15.5 Å². The maximum atomic E-state index is 12.7. The topological polar surface area (TPSA) is 108 Å². The molecule has 3 unspecified atom stereocenters. The third kappa shape index (κ3) is 4.80. The van der Waals surface area contributed by atoms with E-state index in [1.54, 1.807) is 11.8 Å². The van der Waals surface area contributed by atoms with E-state index < -0.39 is 16.1 Å². The van der Waals surface area contributed by atoms with Crippen LogP contribution in [0.4, 0.5) is 5.69 Å². The number of nitrogens with one attached hydrogen (secondary N) is 3. The van der Waals surface area contributed by atoms with Crippen LogP contribution >= 0.6 is 0 Å². The Labute approximate surface area is 154 Å². The van der Waals surface area contributed by atoms with Gasteiger partial charge in [-0.25, -0.2) is 8.42 Å². The van der Waals surface area contributed by atoms with Gasteiger partial charge in [-0.2, -0.15) is 4.72 Å². The van der Waals surface area contributed by atoms with Crippen molar-refractivity contribution in [1.82, 2.24) is 14.9 Å². The van der Waals surface area contributed by atoms with Crippen molar-refractivity contribution in [3.63, 3.8) is 0 Å². The van der Waals surface area contributed by atoms with Crippen LogP contribution < -0.4 is 15.4 Å². The minimum atomic E-state index is -3.85. The SMILES string of the molecule is CC(=O)Nc1ccc(S(=O)(=O)NC(C)C(=O)N2CCNC(C)C2C)cc1. The van der Waals surface area contributed by atoms with Crippen LogP contribution in [0.5, 0.6) is 0 Å². The standard InChI is InChI=1S/C17H26N4O4S/c1-11-13(3)21(10-9-18-11)17(23)12(2)20-26(24,25)16-7-5-15(6-8-16)19-14(4)22/h5-8,11-13,18,20H,9-10H2,1-4H3,(H,19,22). The van der Waals surface area contributed by atoms with Crippen molar-refractivity contribution in [2.75, 3.05) is 18.4 Å². The van der Waals surface area contributed by atoms with E-state index in [0.29, 0.717) is 18.8 Å². The lowest BCUT2D eigenvalue weighted by molar-refractivity contribution is -0.136. The van der Waals surface area contributed by atoms with Crippen molar-refractivity contribution >= 4 is 27.5 Å². The summed E-state index contributed by atoms with van der Waals surface area (Å²) in [7, 11) is -3.85. The van der Waals surface area contributed by atoms with E-state index in [9.17, 15) is 18.0 Å². The number of carbonyl (C=O) groups excluding carboxylic acids is 2. The summed E-state index contributed by atoms with van der Waals surface area (Å²) in [5.41, 5.74) is 0.504. The second-order valence-corrected chi connectivity index (χ2v) is 8.28. The van der Waals surface area contributed by atoms with Crippen molar-refractivity contribution in [3.05, 3.63) is 24.3 Å². The van der Waals surface area contributed by atoms with Crippen LogP contribution in [0.25, 0.3) is 0 Å². The van der Waals surface area contributed by atoms with Gasteiger partial charge in [-0.15, -0.1) is 0 Å². The number of nitrogens with zero attached hydrogens (tertiary/aromatic N) is 1. The van der Waals surface area contributed by atoms with E-state index in [1.807, 2.05) is 13.8 Å². The van der Waals surface area contributed by atoms with Crippen molar-refractivity contribution in [2.45, 2.75) is 50.7 Å². The zero-order chi connectivity index (χ0) is 19.5. The fourth-order valence-corrected chi connectivity index (χ4v) is 4.09. The molecule has 1 aromatic carbocycles. The molecule has 1 saturated heterocycles. The minimum Gasteiger partial charge on any atom is -0.336 e. The molecular formula is C17H26N4O4S. The number of piperazine rings is 1. The number of sulfonamides is 1. The summed E-state index contributed by atoms with van der Waals surface area (Å²) in [5.74, 6) is -0.485. The molecule has 1 heterocycles. The highest BCUT2D eigenvalue weighted by Gasteiger charge is 2.32. The van der Waals surface area contributed by atoms with Crippen LogP contribution in [-0.2, 0) is 19.6 Å². The molecule has 1 aliphatic rings. The number of hydrogen-bond acceptors (Lipinski definition) is 5. The first-order valence-electron chi connectivity index (χ1n) is 8.55. The first-order valence-corrected chi connectivity index (χ1v) is 10.0. The van der Waals surface area contributed by atoms with Gasteiger partial charge in [0.1, 0.15) is 0 Å². The smallest absolute Gasteiger partial charge is 0.241 e. The summed E-state index contributed by atoms with van der Waals surface area (Å²) in [6, 6.07) is 5.05. The molecule has 3 atom stereocenters. The molecule has 9 heteroatoms. The molecule has 1 aliphatic heterocycles. The highest BCUT2D eigenvalue weighted by atomic mass is 32.2. The van der Waals surface area contributed by atoms with Crippen LogP contribution in [0.2, 0.25) is 0 Å². The van der Waals surface area contributed by atoms with Crippen molar-refractivity contribution in [1.29, 1.82) is 0 Å². The molecule has 1 fully saturated rings. The Balaban J connectivity index is 2.07. The first kappa shape index (κ1) is 20.3. The van der Waals surface area contributed by atoms with Crippen molar-refractivity contribution in [3.8, 4) is 0 Å². The summed E-state index contributed by atoms with van der Waals surface area (Å²) in [6.45, 7) is 8.08. The molecule has 8 nitrogen and oxygen atoms in total. The lowest BCUT2D eigenvalue weighted by Crippen LogP contribution is -2.60. The fourth-order valence-electron chi connectivity index (χ4n) is 2.89. The predicted molar refractivity (Wildman–Crippen MR) is 99.2 cm³/mol. The normalized spacial score (nSPS) is 21.9. The van der Waals surface area contributed by atoms with Gasteiger partial charge >= 0.3 is 0 Å².